The molecule has 36 heavy (non-hydrogen) atoms. The Morgan fingerprint density at radius 1 is 1.25 bits per heavy atom. The Kier molecular flexibility index (Phi) is 13.4. The van der Waals surface area contributed by atoms with E-state index in [1.54, 1.807) is 37.5 Å². The van der Waals surface area contributed by atoms with Crippen molar-refractivity contribution in [2.45, 2.75) is 20.8 Å². The van der Waals surface area contributed by atoms with Crippen molar-refractivity contribution in [2.75, 3.05) is 20.6 Å². The number of Topliss-reactive ketones (excluding diaryl/α,β-unsaturated/α-hetero) is 1. The zero-order valence-electron chi connectivity index (χ0n) is 21.5. The number of ketones is 1. The minimum absolute atomic E-state index is 0.207. The first-order chi connectivity index (χ1) is 17.4. The summed E-state index contributed by atoms with van der Waals surface area (Å²) < 4.78 is 0. The van der Waals surface area contributed by atoms with Crippen molar-refractivity contribution in [1.82, 2.24) is 20.5 Å². The minimum Gasteiger partial charge on any atom is -0.316 e. The zero-order valence-corrected chi connectivity index (χ0v) is 22.3. The van der Waals surface area contributed by atoms with Crippen LogP contribution >= 0.6 is 11.8 Å². The summed E-state index contributed by atoms with van der Waals surface area (Å²) in [5.74, 6) is -0.245. The molecule has 1 aliphatic heterocycles. The van der Waals surface area contributed by atoms with Crippen LogP contribution in [0.1, 0.15) is 31.1 Å². The Morgan fingerprint density at radius 3 is 2.42 bits per heavy atom. The number of likely N-dealkylation sites (N-methyl/N-ethyl adjacent to an activating group) is 1. The highest BCUT2D eigenvalue weighted by atomic mass is 32.2. The Morgan fingerprint density at radius 2 is 1.92 bits per heavy atom. The number of aromatic amines is 1. The number of nitrogens with zero attached hydrogens (tertiary/aromatic N) is 3. The van der Waals surface area contributed by atoms with Crippen molar-refractivity contribution in [3.8, 4) is 0 Å². The molecule has 1 aromatic heterocycles. The van der Waals surface area contributed by atoms with Crippen molar-refractivity contribution < 1.29 is 9.59 Å². The molecule has 2 heterocycles. The molecule has 0 aliphatic carbocycles. The highest BCUT2D eigenvalue weighted by Gasteiger charge is 2.24. The molecule has 0 spiro atoms. The van der Waals surface area contributed by atoms with Gasteiger partial charge >= 0.3 is 0 Å². The predicted molar refractivity (Wildman–Crippen MR) is 151 cm³/mol. The molecular formula is C27H34N6O2S. The van der Waals surface area contributed by atoms with Crippen LogP contribution in [0.25, 0.3) is 12.2 Å². The van der Waals surface area contributed by atoms with Crippen LogP contribution in [0.3, 0.4) is 0 Å². The lowest BCUT2D eigenvalue weighted by molar-refractivity contribution is -0.106. The zero-order chi connectivity index (χ0) is 27.1. The van der Waals surface area contributed by atoms with E-state index in [-0.39, 0.29) is 16.5 Å². The number of carbonyl (C=O) groups is 2. The van der Waals surface area contributed by atoms with Crippen molar-refractivity contribution in [3.05, 3.63) is 87.6 Å². The SMILES string of the molecule is C=C1SC(C(=O)c2ccccc2)=NN(C)C(C=O)=C1C=N.C=c1[nH]nc/c1=C(/C=C\C)CNC.CC. The summed E-state index contributed by atoms with van der Waals surface area (Å²) in [5, 5.41) is 24.9. The first-order valence-corrected chi connectivity index (χ1v) is 12.2. The van der Waals surface area contributed by atoms with Crippen LogP contribution < -0.4 is 15.9 Å². The largest absolute Gasteiger partial charge is 0.316 e. The van der Waals surface area contributed by atoms with E-state index >= 15 is 0 Å². The summed E-state index contributed by atoms with van der Waals surface area (Å²) in [6.45, 7) is 14.5. The van der Waals surface area contributed by atoms with E-state index in [9.17, 15) is 9.59 Å². The smallest absolute Gasteiger partial charge is 0.220 e. The maximum atomic E-state index is 12.5. The van der Waals surface area contributed by atoms with Crippen molar-refractivity contribution in [1.29, 1.82) is 5.41 Å². The van der Waals surface area contributed by atoms with E-state index in [0.717, 1.165) is 35.1 Å². The van der Waals surface area contributed by atoms with E-state index < -0.39 is 0 Å². The molecule has 190 valence electrons. The first kappa shape index (κ1) is 30.2. The summed E-state index contributed by atoms with van der Waals surface area (Å²) in [5.41, 5.74) is 2.27. The highest BCUT2D eigenvalue weighted by molar-refractivity contribution is 8.19. The lowest BCUT2D eigenvalue weighted by atomic mass is 10.1. The fourth-order valence-electron chi connectivity index (χ4n) is 3.02. The molecule has 0 fully saturated rings. The van der Waals surface area contributed by atoms with Gasteiger partial charge in [0, 0.05) is 41.1 Å². The molecule has 3 rings (SSSR count). The van der Waals surface area contributed by atoms with Gasteiger partial charge in [0.25, 0.3) is 0 Å². The number of H-pyrrole nitrogens is 1. The lowest BCUT2D eigenvalue weighted by Gasteiger charge is -2.12. The van der Waals surface area contributed by atoms with Gasteiger partial charge in [-0.05, 0) is 19.5 Å². The Labute approximate surface area is 216 Å². The van der Waals surface area contributed by atoms with E-state index in [1.807, 2.05) is 40.0 Å². The summed E-state index contributed by atoms with van der Waals surface area (Å²) in [6, 6.07) is 8.76. The topological polar surface area (TPSA) is 114 Å². The molecule has 8 nitrogen and oxygen atoms in total. The van der Waals surface area contributed by atoms with E-state index in [2.05, 4.69) is 39.8 Å². The van der Waals surface area contributed by atoms with Crippen molar-refractivity contribution >= 4 is 47.2 Å². The molecule has 0 saturated heterocycles. The number of hydrogen-bond acceptors (Lipinski definition) is 8. The van der Waals surface area contributed by atoms with E-state index in [4.69, 9.17) is 5.41 Å². The maximum Gasteiger partial charge on any atom is 0.220 e. The number of hydrazone groups is 1. The second kappa shape index (κ2) is 16.0. The van der Waals surface area contributed by atoms with Gasteiger partial charge in [0.2, 0.25) is 5.78 Å². The molecule has 3 N–H and O–H groups in total. The molecule has 0 radical (unpaired) electrons. The molecule has 0 saturated carbocycles. The summed E-state index contributed by atoms with van der Waals surface area (Å²) in [7, 11) is 3.48. The normalized spacial score (nSPS) is 14.1. The molecule has 1 aromatic carbocycles. The second-order valence-electron chi connectivity index (χ2n) is 7.03. The van der Waals surface area contributed by atoms with Crippen LogP contribution in [0.4, 0.5) is 0 Å². The third kappa shape index (κ3) is 8.14. The standard InChI is InChI=1S/C15H13N3O2S.C10H15N3.C2H6/c1-10-12(8-16)13(9-19)18(2)17-15(21-10)14(20)11-6-4-3-5-7-11;1-4-5-9(6-11-3)10-7-12-13-8(10)2;1-2/h3-9,16H,1H2,2H3;4-5,7,11,13H,2,6H2,1,3H3;1-2H3/b;5-4-,10-9+;. The number of carbonyl (C=O) groups excluding carboxylic acids is 2. The number of aromatic nitrogens is 2. The van der Waals surface area contributed by atoms with Crippen molar-refractivity contribution in [3.63, 3.8) is 0 Å². The Bertz CT molecular complexity index is 1260. The monoisotopic (exact) mass is 506 g/mol. The summed E-state index contributed by atoms with van der Waals surface area (Å²) in [6.07, 6.45) is 7.52. The molecule has 9 heteroatoms. The van der Waals surface area contributed by atoms with Crippen LogP contribution in [-0.2, 0) is 4.79 Å². The van der Waals surface area contributed by atoms with Gasteiger partial charge in [-0.1, -0.05) is 81.3 Å². The molecular weight excluding hydrogens is 472 g/mol. The van der Waals surface area contributed by atoms with Gasteiger partial charge in [0.05, 0.1) is 11.5 Å². The third-order valence-electron chi connectivity index (χ3n) is 4.67. The molecule has 0 atom stereocenters. The number of benzene rings is 1. The number of nitrogens with one attached hydrogen (secondary N) is 3. The minimum atomic E-state index is -0.245. The van der Waals surface area contributed by atoms with Gasteiger partial charge in [-0.15, -0.1) is 0 Å². The average Bonchev–Trinajstić information content (AvgIpc) is 3.28. The third-order valence-corrected chi connectivity index (χ3v) is 5.60. The van der Waals surface area contributed by atoms with Gasteiger partial charge in [-0.25, -0.2) is 0 Å². The van der Waals surface area contributed by atoms with Crippen molar-refractivity contribution in [2.24, 2.45) is 5.10 Å². The summed E-state index contributed by atoms with van der Waals surface area (Å²) in [4.78, 5) is 24.1. The van der Waals surface area contributed by atoms with E-state index in [1.165, 1.54) is 10.6 Å². The second-order valence-corrected chi connectivity index (χ2v) is 8.11. The summed E-state index contributed by atoms with van der Waals surface area (Å²) >= 11 is 1.06. The van der Waals surface area contributed by atoms with Gasteiger partial charge in [-0.2, -0.15) is 10.2 Å². The fourth-order valence-corrected chi connectivity index (χ4v) is 3.90. The van der Waals surface area contributed by atoms with Crippen LogP contribution in [-0.4, -0.2) is 59.2 Å². The quantitative estimate of drug-likeness (QED) is 0.302. The van der Waals surface area contributed by atoms with Gasteiger partial charge in [-0.3, -0.25) is 19.7 Å². The predicted octanol–water partition coefficient (Wildman–Crippen LogP) is 3.27. The highest BCUT2D eigenvalue weighted by Crippen LogP contribution is 2.30. The number of allylic oxidation sites excluding steroid dienone is 3. The number of thioether (sulfide) groups is 1. The van der Waals surface area contributed by atoms with Crippen LogP contribution in [0.2, 0.25) is 0 Å². The number of rotatable bonds is 7. The molecule has 2 aromatic rings. The Balaban J connectivity index is 0.000000371. The molecule has 1 aliphatic rings. The molecule has 0 unspecified atom stereocenters. The average molecular weight is 507 g/mol. The lowest BCUT2D eigenvalue weighted by Crippen LogP contribution is -2.26. The van der Waals surface area contributed by atoms with E-state index in [0.29, 0.717) is 22.3 Å². The fraction of sp³-hybridized carbons (Fsp3) is 0.222. The molecule has 0 bridgehead atoms. The maximum absolute atomic E-state index is 12.5. The number of aldehydes is 1. The number of hydrogen-bond donors (Lipinski definition) is 3. The van der Waals surface area contributed by atoms with Gasteiger partial charge in [0.15, 0.2) is 11.3 Å². The van der Waals surface area contributed by atoms with Gasteiger partial charge in [0.1, 0.15) is 5.70 Å². The first-order valence-electron chi connectivity index (χ1n) is 11.4. The molecule has 0 amide bonds. The Hall–Kier alpha value is -3.82. The van der Waals surface area contributed by atoms with Crippen LogP contribution in [0.5, 0.6) is 0 Å². The van der Waals surface area contributed by atoms with Gasteiger partial charge < -0.3 is 10.7 Å². The van der Waals surface area contributed by atoms with Crippen LogP contribution in [0, 0.1) is 5.41 Å². The van der Waals surface area contributed by atoms with Crippen LogP contribution in [0.15, 0.2) is 76.5 Å².